The van der Waals surface area contributed by atoms with E-state index in [1.165, 1.54) is 37.9 Å². The van der Waals surface area contributed by atoms with Gasteiger partial charge in [0.25, 0.3) is 0 Å². The number of alkyl halides is 1. The first-order valence-electron chi connectivity index (χ1n) is 12.4. The van der Waals surface area contributed by atoms with Crippen LogP contribution in [0.5, 0.6) is 5.75 Å². The number of hydrogen-bond donors (Lipinski definition) is 3. The second-order valence-corrected chi connectivity index (χ2v) is 11.5. The number of carbonyl (C=O) groups is 1. The largest absolute Gasteiger partial charge is 0.462 e. The predicted octanol–water partition coefficient (Wildman–Crippen LogP) is 3.52. The van der Waals surface area contributed by atoms with E-state index in [4.69, 9.17) is 24.3 Å². The monoisotopic (exact) mass is 565 g/mol. The highest BCUT2D eigenvalue weighted by Gasteiger charge is 2.57. The second-order valence-electron chi connectivity index (χ2n) is 9.82. The number of nitrogen functional groups attached to an aromatic ring is 1. The van der Waals surface area contributed by atoms with Gasteiger partial charge in [-0.15, -0.1) is 0 Å². The fourth-order valence-corrected chi connectivity index (χ4v) is 6.00. The number of aliphatic hydroxyl groups is 1. The minimum atomic E-state index is -4.31. The van der Waals surface area contributed by atoms with Crippen molar-refractivity contribution in [3.05, 3.63) is 48.9 Å². The molecule has 0 amide bonds. The molecule has 7 atom stereocenters. The zero-order valence-corrected chi connectivity index (χ0v) is 23.1. The molecule has 2 unspecified atom stereocenters. The van der Waals surface area contributed by atoms with Crippen molar-refractivity contribution in [2.45, 2.75) is 77.0 Å². The lowest BCUT2D eigenvalue weighted by molar-refractivity contribution is -0.149. The number of fused-ring (bicyclic) bond motifs is 1. The second kappa shape index (κ2) is 11.2. The summed E-state index contributed by atoms with van der Waals surface area (Å²) in [4.78, 5) is 20.5. The van der Waals surface area contributed by atoms with Gasteiger partial charge in [0.1, 0.15) is 41.8 Å². The highest BCUT2D eigenvalue weighted by Crippen LogP contribution is 2.50. The topological polar surface area (TPSA) is 160 Å². The third-order valence-corrected chi connectivity index (χ3v) is 8.01. The molecule has 0 bridgehead atoms. The van der Waals surface area contributed by atoms with Crippen molar-refractivity contribution >= 4 is 30.6 Å². The molecule has 4 rings (SSSR count). The number of aromatic nitrogens is 3. The van der Waals surface area contributed by atoms with Crippen LogP contribution in [-0.4, -0.2) is 61.7 Å². The molecule has 0 saturated carbocycles. The molecule has 0 spiro atoms. The highest BCUT2D eigenvalue weighted by molar-refractivity contribution is 7.52. The van der Waals surface area contributed by atoms with Gasteiger partial charge < -0.3 is 29.4 Å². The van der Waals surface area contributed by atoms with Crippen LogP contribution in [0.1, 0.15) is 40.8 Å². The van der Waals surface area contributed by atoms with Crippen LogP contribution >= 0.6 is 7.75 Å². The van der Waals surface area contributed by atoms with Crippen molar-refractivity contribution in [1.29, 1.82) is 0 Å². The number of nitrogens with zero attached hydrogens (tertiary/aromatic N) is 3. The molecule has 1 fully saturated rings. The number of rotatable bonds is 10. The van der Waals surface area contributed by atoms with E-state index >= 15 is 4.39 Å². The Morgan fingerprint density at radius 3 is 2.59 bits per heavy atom. The Kier molecular flexibility index (Phi) is 8.29. The minimum absolute atomic E-state index is 0.196. The van der Waals surface area contributed by atoms with Crippen LogP contribution in [0.25, 0.3) is 11.0 Å². The Bertz CT molecular complexity index is 1360. The van der Waals surface area contributed by atoms with Crippen LogP contribution in [0.4, 0.5) is 10.2 Å². The molecule has 12 nitrogen and oxygen atoms in total. The Labute approximate surface area is 225 Å². The normalized spacial score (nSPS) is 26.3. The molecule has 1 aliphatic heterocycles. The summed E-state index contributed by atoms with van der Waals surface area (Å²) in [6, 6.07) is 8.72. The lowest BCUT2D eigenvalue weighted by Crippen LogP contribution is -2.44. The van der Waals surface area contributed by atoms with Crippen molar-refractivity contribution in [3.8, 4) is 5.75 Å². The average molecular weight is 566 g/mol. The Balaban J connectivity index is 1.59. The maximum Gasteiger partial charge on any atom is 0.459 e. The Morgan fingerprint density at radius 1 is 1.23 bits per heavy atom. The summed E-state index contributed by atoms with van der Waals surface area (Å²) < 4.78 is 53.9. The van der Waals surface area contributed by atoms with E-state index < -0.39 is 56.1 Å². The molecule has 1 aromatic carbocycles. The summed E-state index contributed by atoms with van der Waals surface area (Å²) in [7, 11) is -4.31. The molecular weight excluding hydrogens is 532 g/mol. The Morgan fingerprint density at radius 2 is 1.92 bits per heavy atom. The van der Waals surface area contributed by atoms with Gasteiger partial charge >= 0.3 is 13.7 Å². The van der Waals surface area contributed by atoms with Gasteiger partial charge in [0, 0.05) is 6.20 Å². The quantitative estimate of drug-likeness (QED) is 0.244. The first-order valence-corrected chi connectivity index (χ1v) is 14.0. The van der Waals surface area contributed by atoms with Gasteiger partial charge in [0.15, 0.2) is 11.9 Å². The van der Waals surface area contributed by atoms with E-state index in [-0.39, 0.29) is 11.6 Å². The van der Waals surface area contributed by atoms with Crippen LogP contribution in [0.3, 0.4) is 0 Å². The number of halogens is 1. The smallest absolute Gasteiger partial charge is 0.459 e. The number of esters is 1. The number of nitrogens with two attached hydrogens (primary N) is 1. The molecular formula is C25H33FN5O7P. The van der Waals surface area contributed by atoms with E-state index in [1.54, 1.807) is 50.2 Å². The molecule has 3 aromatic rings. The number of aliphatic hydroxyl groups excluding tert-OH is 1. The minimum Gasteiger partial charge on any atom is -0.462 e. The maximum absolute atomic E-state index is 16.0. The molecule has 0 radical (unpaired) electrons. The number of carbonyl (C=O) groups excluding carboxylic acids is 1. The van der Waals surface area contributed by atoms with Crippen LogP contribution in [0.15, 0.2) is 48.9 Å². The van der Waals surface area contributed by atoms with E-state index in [0.29, 0.717) is 11.0 Å². The summed E-state index contributed by atoms with van der Waals surface area (Å²) in [5, 5.41) is 14.0. The molecule has 2 aromatic heterocycles. The molecule has 0 aliphatic carbocycles. The van der Waals surface area contributed by atoms with Gasteiger partial charge in [0.2, 0.25) is 0 Å². The van der Waals surface area contributed by atoms with Crippen LogP contribution in [0.2, 0.25) is 0 Å². The van der Waals surface area contributed by atoms with E-state index in [2.05, 4.69) is 15.1 Å². The summed E-state index contributed by atoms with van der Waals surface area (Å²) in [6.45, 7) is 7.45. The fraction of sp³-hybridized carbons (Fsp3) is 0.480. The summed E-state index contributed by atoms with van der Waals surface area (Å²) >= 11 is 0. The fourth-order valence-electron chi connectivity index (χ4n) is 4.31. The zero-order chi connectivity index (χ0) is 28.5. The Hall–Kier alpha value is -3.09. The van der Waals surface area contributed by atoms with E-state index in [9.17, 15) is 14.5 Å². The number of benzene rings is 1. The number of para-hydroxylation sites is 1. The molecule has 39 heavy (non-hydrogen) atoms. The first kappa shape index (κ1) is 28.9. The number of nitrogens with one attached hydrogen (secondary N) is 1. The molecule has 4 N–H and O–H groups in total. The van der Waals surface area contributed by atoms with Gasteiger partial charge in [-0.2, -0.15) is 5.09 Å². The number of anilines is 1. The lowest BCUT2D eigenvalue weighted by Gasteiger charge is -2.29. The maximum atomic E-state index is 16.0. The summed E-state index contributed by atoms with van der Waals surface area (Å²) in [5.41, 5.74) is 3.91. The van der Waals surface area contributed by atoms with Crippen LogP contribution in [-0.2, 0) is 23.4 Å². The first-order chi connectivity index (χ1) is 18.3. The third-order valence-electron chi connectivity index (χ3n) is 6.24. The molecule has 14 heteroatoms. The highest BCUT2D eigenvalue weighted by atomic mass is 31.2. The van der Waals surface area contributed by atoms with Crippen LogP contribution < -0.4 is 15.3 Å². The van der Waals surface area contributed by atoms with E-state index in [1.807, 2.05) is 0 Å². The van der Waals surface area contributed by atoms with Crippen molar-refractivity contribution in [1.82, 2.24) is 19.6 Å². The summed E-state index contributed by atoms with van der Waals surface area (Å²) in [6.07, 6.45) is -3.09. The lowest BCUT2D eigenvalue weighted by atomic mass is 9.96. The predicted molar refractivity (Wildman–Crippen MR) is 140 cm³/mol. The van der Waals surface area contributed by atoms with E-state index in [0.717, 1.165) is 0 Å². The number of hydrogen-bond acceptors (Lipinski definition) is 10. The average Bonchev–Trinajstić information content (AvgIpc) is 3.38. The standard InChI is InChI=1S/C25H33FN5O7P/c1-14(2)35-23(33)15(3)30-39(34,38-17-9-7-6-8-10-17)37-16(4)19-20(32)25(5,26)24(36-19)31-12-11-18-21(27)28-13-29-22(18)31/h6-16,19-20,24,32H,1-5H3,(H,30,34)(H2,27,28,29)/t15-,16?,19+,20+,24+,25+,39?/m0/s1. The van der Waals surface area contributed by atoms with Gasteiger partial charge in [-0.25, -0.2) is 18.9 Å². The van der Waals surface area contributed by atoms with Gasteiger partial charge in [-0.1, -0.05) is 18.2 Å². The van der Waals surface area contributed by atoms with Crippen molar-refractivity contribution in [3.63, 3.8) is 0 Å². The molecule has 1 aliphatic rings. The van der Waals surface area contributed by atoms with Crippen molar-refractivity contribution in [2.24, 2.45) is 0 Å². The third kappa shape index (κ3) is 6.07. The van der Waals surface area contributed by atoms with Gasteiger partial charge in [-0.3, -0.25) is 9.32 Å². The summed E-state index contributed by atoms with van der Waals surface area (Å²) in [5.74, 6) is -0.268. The van der Waals surface area contributed by atoms with Gasteiger partial charge in [0.05, 0.1) is 17.6 Å². The van der Waals surface area contributed by atoms with Crippen LogP contribution in [0, 0.1) is 0 Å². The van der Waals surface area contributed by atoms with Crippen molar-refractivity contribution in [2.75, 3.05) is 5.73 Å². The molecule has 212 valence electrons. The number of ether oxygens (including phenoxy) is 2. The van der Waals surface area contributed by atoms with Gasteiger partial charge in [-0.05, 0) is 52.8 Å². The molecule has 1 saturated heterocycles. The molecule has 3 heterocycles. The van der Waals surface area contributed by atoms with Crippen molar-refractivity contribution < 1.29 is 37.4 Å². The zero-order valence-electron chi connectivity index (χ0n) is 22.2. The SMILES string of the molecule is CC(C)OC(=O)[C@H](C)NP(=O)(Oc1ccccc1)OC(C)[C@H]1O[C@@H](n2ccc3c(N)ncnc32)[C@](C)(F)[C@@H]1O.